The molecule has 2 aromatic rings. The maximum absolute atomic E-state index is 13.3. The lowest BCUT2D eigenvalue weighted by atomic mass is 9.98. The number of carboxylic acid groups (broad SMARTS) is 1. The highest BCUT2D eigenvalue weighted by Gasteiger charge is 2.32. The van der Waals surface area contributed by atoms with Gasteiger partial charge in [0.05, 0.1) is 6.04 Å². The van der Waals surface area contributed by atoms with Crippen LogP contribution in [0.3, 0.4) is 0 Å². The van der Waals surface area contributed by atoms with Gasteiger partial charge in [-0.15, -0.1) is 0 Å². The van der Waals surface area contributed by atoms with Crippen molar-refractivity contribution in [2.24, 2.45) is 5.92 Å². The Hall–Kier alpha value is -3.05. The van der Waals surface area contributed by atoms with Gasteiger partial charge in [-0.1, -0.05) is 38.5 Å². The quantitative estimate of drug-likeness (QED) is 0.208. The molecule has 0 aliphatic carbocycles. The monoisotopic (exact) mass is 517 g/mol. The number of carbonyl (C=O) groups is 4. The van der Waals surface area contributed by atoms with Crippen LogP contribution in [0, 0.1) is 5.92 Å². The molecule has 5 unspecified atom stereocenters. The average Bonchev–Trinajstić information content (AvgIpc) is 3.55. The highest BCUT2D eigenvalue weighted by molar-refractivity contribution is 7.80. The van der Waals surface area contributed by atoms with Crippen molar-refractivity contribution in [2.75, 3.05) is 12.3 Å². The second kappa shape index (κ2) is 12.8. The van der Waals surface area contributed by atoms with Gasteiger partial charge in [0.15, 0.2) is 0 Å². The fraction of sp³-hybridized carbons (Fsp3) is 0.520. The fourth-order valence-corrected chi connectivity index (χ4v) is 4.57. The number of aromatic nitrogens is 1. The lowest BCUT2D eigenvalue weighted by Gasteiger charge is -2.26. The Morgan fingerprint density at radius 2 is 1.83 bits per heavy atom. The normalized spacial score (nSPS) is 18.7. The number of para-hydroxylation sites is 1. The van der Waals surface area contributed by atoms with Crippen LogP contribution in [-0.4, -0.2) is 70.2 Å². The Morgan fingerprint density at radius 3 is 2.47 bits per heavy atom. The molecule has 0 radical (unpaired) electrons. The second-order valence-corrected chi connectivity index (χ2v) is 9.59. The minimum Gasteiger partial charge on any atom is -0.480 e. The molecule has 10 nitrogen and oxygen atoms in total. The summed E-state index contributed by atoms with van der Waals surface area (Å²) in [7, 11) is 0. The summed E-state index contributed by atoms with van der Waals surface area (Å²) in [5, 5.41) is 21.7. The summed E-state index contributed by atoms with van der Waals surface area (Å²) in [6.07, 6.45) is 4.02. The van der Waals surface area contributed by atoms with Gasteiger partial charge in [0.1, 0.15) is 18.1 Å². The first kappa shape index (κ1) is 27.5. The van der Waals surface area contributed by atoms with Gasteiger partial charge in [-0.25, -0.2) is 4.79 Å². The summed E-state index contributed by atoms with van der Waals surface area (Å²) >= 11 is 4.23. The van der Waals surface area contributed by atoms with Crippen LogP contribution in [0.1, 0.15) is 38.7 Å². The maximum atomic E-state index is 13.3. The van der Waals surface area contributed by atoms with Crippen molar-refractivity contribution in [2.45, 2.75) is 63.7 Å². The molecule has 0 saturated carbocycles. The van der Waals surface area contributed by atoms with E-state index in [1.165, 1.54) is 0 Å². The van der Waals surface area contributed by atoms with Gasteiger partial charge in [-0.05, 0) is 36.9 Å². The average molecular weight is 518 g/mol. The molecular formula is C25H35N5O5S. The Kier molecular flexibility index (Phi) is 9.77. The summed E-state index contributed by atoms with van der Waals surface area (Å²) in [4.78, 5) is 53.9. The van der Waals surface area contributed by atoms with Crippen LogP contribution in [0.5, 0.6) is 0 Å². The van der Waals surface area contributed by atoms with Crippen LogP contribution < -0.4 is 21.3 Å². The SMILES string of the molecule is CCC(C)C(NC(=O)C(Cc1c[nH]c2ccccc12)NC(=O)C(CS)NC(=O)C1CCCN1)C(=O)O. The Bertz CT molecular complexity index is 1080. The Morgan fingerprint density at radius 1 is 1.11 bits per heavy atom. The molecule has 1 saturated heterocycles. The van der Waals surface area contributed by atoms with Gasteiger partial charge in [-0.3, -0.25) is 14.4 Å². The number of hydrogen-bond acceptors (Lipinski definition) is 6. The maximum Gasteiger partial charge on any atom is 0.326 e. The highest BCUT2D eigenvalue weighted by atomic mass is 32.1. The zero-order chi connectivity index (χ0) is 26.2. The van der Waals surface area contributed by atoms with Crippen molar-refractivity contribution in [1.82, 2.24) is 26.3 Å². The molecule has 1 aliphatic rings. The van der Waals surface area contributed by atoms with Gasteiger partial charge < -0.3 is 31.4 Å². The molecule has 0 bridgehead atoms. The molecule has 0 spiro atoms. The summed E-state index contributed by atoms with van der Waals surface area (Å²) in [5.41, 5.74) is 1.67. The van der Waals surface area contributed by atoms with Gasteiger partial charge in [0, 0.05) is 29.3 Å². The number of nitrogens with one attached hydrogen (secondary N) is 5. The van der Waals surface area contributed by atoms with E-state index in [2.05, 4.69) is 38.9 Å². The molecule has 6 N–H and O–H groups in total. The molecule has 5 atom stereocenters. The van der Waals surface area contributed by atoms with E-state index in [0.717, 1.165) is 29.4 Å². The number of benzene rings is 1. The third-order valence-corrected chi connectivity index (χ3v) is 7.07. The van der Waals surface area contributed by atoms with Crippen LogP contribution in [0.2, 0.25) is 0 Å². The standard InChI is InChI=1S/C25H35N5O5S/c1-3-14(2)21(25(34)35)30-23(32)19(11-15-12-27-17-8-5-4-7-16(15)17)28-24(33)20(13-36)29-22(31)18-9-6-10-26-18/h4-5,7-8,12,14,18-21,26-27,36H,3,6,9-11,13H2,1-2H3,(H,28,33)(H,29,31)(H,30,32)(H,34,35). The fourth-order valence-electron chi connectivity index (χ4n) is 4.31. The first-order chi connectivity index (χ1) is 17.2. The molecule has 1 aromatic heterocycles. The van der Waals surface area contributed by atoms with Crippen molar-refractivity contribution in [1.29, 1.82) is 0 Å². The van der Waals surface area contributed by atoms with Crippen molar-refractivity contribution < 1.29 is 24.3 Å². The number of carbonyl (C=O) groups excluding carboxylic acids is 3. The van der Waals surface area contributed by atoms with E-state index < -0.39 is 35.9 Å². The number of carboxylic acids is 1. The lowest BCUT2D eigenvalue weighted by Crippen LogP contribution is -2.58. The van der Waals surface area contributed by atoms with Gasteiger partial charge in [0.25, 0.3) is 0 Å². The van der Waals surface area contributed by atoms with E-state index >= 15 is 0 Å². The summed E-state index contributed by atoms with van der Waals surface area (Å²) in [6, 6.07) is 4.09. The van der Waals surface area contributed by atoms with Gasteiger partial charge in [-0.2, -0.15) is 12.6 Å². The molecule has 1 aliphatic heterocycles. The second-order valence-electron chi connectivity index (χ2n) is 9.23. The molecular weight excluding hydrogens is 482 g/mol. The summed E-state index contributed by atoms with van der Waals surface area (Å²) in [5.74, 6) is -2.87. The van der Waals surface area contributed by atoms with Gasteiger partial charge >= 0.3 is 5.97 Å². The van der Waals surface area contributed by atoms with Crippen LogP contribution in [0.25, 0.3) is 10.9 Å². The largest absolute Gasteiger partial charge is 0.480 e. The topological polar surface area (TPSA) is 152 Å². The number of H-pyrrole nitrogens is 1. The van der Waals surface area contributed by atoms with E-state index in [-0.39, 0.29) is 30.0 Å². The zero-order valence-electron chi connectivity index (χ0n) is 20.5. The number of hydrogen-bond donors (Lipinski definition) is 7. The number of fused-ring (bicyclic) bond motifs is 1. The Balaban J connectivity index is 1.80. The smallest absolute Gasteiger partial charge is 0.326 e. The number of thiol groups is 1. The van der Waals surface area contributed by atoms with Crippen molar-refractivity contribution in [3.8, 4) is 0 Å². The van der Waals surface area contributed by atoms with Crippen LogP contribution in [-0.2, 0) is 25.6 Å². The number of aliphatic carboxylic acids is 1. The minimum absolute atomic E-state index is 0.0380. The first-order valence-corrected chi connectivity index (χ1v) is 12.9. The molecule has 196 valence electrons. The molecule has 3 rings (SSSR count). The predicted octanol–water partition coefficient (Wildman–Crippen LogP) is 0.977. The van der Waals surface area contributed by atoms with E-state index in [9.17, 15) is 24.3 Å². The van der Waals surface area contributed by atoms with Gasteiger partial charge in [0.2, 0.25) is 17.7 Å². The first-order valence-electron chi connectivity index (χ1n) is 12.3. The molecule has 1 aromatic carbocycles. The third kappa shape index (κ3) is 6.79. The Labute approximate surface area is 215 Å². The van der Waals surface area contributed by atoms with E-state index in [1.54, 1.807) is 13.1 Å². The molecule has 3 amide bonds. The lowest BCUT2D eigenvalue weighted by molar-refractivity contribution is -0.143. The molecule has 2 heterocycles. The molecule has 1 fully saturated rings. The number of rotatable bonds is 12. The minimum atomic E-state index is -1.14. The predicted molar refractivity (Wildman–Crippen MR) is 140 cm³/mol. The zero-order valence-corrected chi connectivity index (χ0v) is 21.4. The van der Waals surface area contributed by atoms with E-state index in [0.29, 0.717) is 12.8 Å². The van der Waals surface area contributed by atoms with Crippen molar-refractivity contribution >= 4 is 47.2 Å². The number of amides is 3. The summed E-state index contributed by atoms with van der Waals surface area (Å²) < 4.78 is 0. The number of aromatic amines is 1. The van der Waals surface area contributed by atoms with Crippen LogP contribution >= 0.6 is 12.6 Å². The van der Waals surface area contributed by atoms with Crippen LogP contribution in [0.4, 0.5) is 0 Å². The highest BCUT2D eigenvalue weighted by Crippen LogP contribution is 2.19. The van der Waals surface area contributed by atoms with E-state index in [4.69, 9.17) is 0 Å². The third-order valence-electron chi connectivity index (χ3n) is 6.70. The van der Waals surface area contributed by atoms with Crippen molar-refractivity contribution in [3.05, 3.63) is 36.0 Å². The summed E-state index contributed by atoms with van der Waals surface area (Å²) in [6.45, 7) is 4.33. The molecule has 36 heavy (non-hydrogen) atoms. The van der Waals surface area contributed by atoms with Crippen molar-refractivity contribution in [3.63, 3.8) is 0 Å². The van der Waals surface area contributed by atoms with E-state index in [1.807, 2.05) is 31.2 Å². The molecule has 11 heteroatoms. The van der Waals surface area contributed by atoms with Crippen LogP contribution in [0.15, 0.2) is 30.5 Å².